The predicted molar refractivity (Wildman–Crippen MR) is 65.7 cm³/mol. The number of aryl methyl sites for hydroxylation is 2. The summed E-state index contributed by atoms with van der Waals surface area (Å²) in [6, 6.07) is 11.0. The van der Waals surface area contributed by atoms with Crippen LogP contribution in [0.1, 0.15) is 11.1 Å². The zero-order valence-electron chi connectivity index (χ0n) is 9.42. The van der Waals surface area contributed by atoms with Gasteiger partial charge in [-0.05, 0) is 43.2 Å². The van der Waals surface area contributed by atoms with Gasteiger partial charge in [0, 0.05) is 11.3 Å². The third kappa shape index (κ3) is 1.91. The van der Waals surface area contributed by atoms with Crippen molar-refractivity contribution in [3.8, 4) is 11.1 Å². The minimum Gasteiger partial charge on any atom is -0.398 e. The molecule has 1 nitrogen and oxygen atoms in total. The molecule has 0 spiro atoms. The SMILES string of the molecule is Cc1ccc(N)c(-c2ccc(C)c(F)c2)c1. The zero-order valence-corrected chi connectivity index (χ0v) is 9.42. The standard InChI is InChI=1S/C14H14FN/c1-9-3-6-14(16)12(7-9)11-5-4-10(2)13(15)8-11/h3-8H,16H2,1-2H3. The van der Waals surface area contributed by atoms with E-state index >= 15 is 0 Å². The normalized spacial score (nSPS) is 10.4. The average Bonchev–Trinajstić information content (AvgIpc) is 2.26. The number of hydrogen-bond donors (Lipinski definition) is 1. The van der Waals surface area contributed by atoms with Crippen LogP contribution in [0.15, 0.2) is 36.4 Å². The molecule has 0 amide bonds. The molecule has 2 N–H and O–H groups in total. The fourth-order valence-corrected chi connectivity index (χ4v) is 1.68. The lowest BCUT2D eigenvalue weighted by Crippen LogP contribution is -1.92. The zero-order chi connectivity index (χ0) is 11.7. The van der Waals surface area contributed by atoms with E-state index in [9.17, 15) is 4.39 Å². The number of anilines is 1. The Morgan fingerprint density at radius 2 is 1.75 bits per heavy atom. The van der Waals surface area contributed by atoms with Gasteiger partial charge in [0.2, 0.25) is 0 Å². The summed E-state index contributed by atoms with van der Waals surface area (Å²) in [6.07, 6.45) is 0. The minimum absolute atomic E-state index is 0.196. The van der Waals surface area contributed by atoms with Gasteiger partial charge in [0.25, 0.3) is 0 Å². The lowest BCUT2D eigenvalue weighted by molar-refractivity contribution is 0.619. The molecule has 0 unspecified atom stereocenters. The number of rotatable bonds is 1. The first-order valence-corrected chi connectivity index (χ1v) is 5.20. The molecule has 0 saturated carbocycles. The van der Waals surface area contributed by atoms with Gasteiger partial charge in [0.05, 0.1) is 0 Å². The van der Waals surface area contributed by atoms with Gasteiger partial charge in [-0.3, -0.25) is 0 Å². The first-order chi connectivity index (χ1) is 7.58. The van der Waals surface area contributed by atoms with E-state index in [1.165, 1.54) is 6.07 Å². The highest BCUT2D eigenvalue weighted by atomic mass is 19.1. The molecule has 0 aliphatic heterocycles. The molecule has 0 fully saturated rings. The van der Waals surface area contributed by atoms with E-state index in [0.29, 0.717) is 11.3 Å². The van der Waals surface area contributed by atoms with Crippen LogP contribution in [0, 0.1) is 19.7 Å². The molecule has 2 rings (SSSR count). The van der Waals surface area contributed by atoms with Crippen LogP contribution < -0.4 is 5.73 Å². The van der Waals surface area contributed by atoms with E-state index in [-0.39, 0.29) is 5.82 Å². The van der Waals surface area contributed by atoms with Crippen LogP contribution in [0.4, 0.5) is 10.1 Å². The number of nitrogens with two attached hydrogens (primary N) is 1. The van der Waals surface area contributed by atoms with Crippen molar-refractivity contribution in [1.82, 2.24) is 0 Å². The summed E-state index contributed by atoms with van der Waals surface area (Å²) in [4.78, 5) is 0. The van der Waals surface area contributed by atoms with Crippen LogP contribution in [0.3, 0.4) is 0 Å². The predicted octanol–water partition coefficient (Wildman–Crippen LogP) is 3.69. The van der Waals surface area contributed by atoms with Crippen LogP contribution >= 0.6 is 0 Å². The van der Waals surface area contributed by atoms with E-state index in [0.717, 1.165) is 16.7 Å². The topological polar surface area (TPSA) is 26.0 Å². The Bertz CT molecular complexity index is 532. The third-order valence-corrected chi connectivity index (χ3v) is 2.69. The van der Waals surface area contributed by atoms with Crippen molar-refractivity contribution >= 4 is 5.69 Å². The van der Waals surface area contributed by atoms with Crippen molar-refractivity contribution in [2.75, 3.05) is 5.73 Å². The number of halogens is 1. The molecule has 0 atom stereocenters. The molecule has 0 aliphatic carbocycles. The summed E-state index contributed by atoms with van der Waals surface area (Å²) < 4.78 is 13.5. The second-order valence-electron chi connectivity index (χ2n) is 4.05. The number of hydrogen-bond acceptors (Lipinski definition) is 1. The van der Waals surface area contributed by atoms with Crippen molar-refractivity contribution in [3.63, 3.8) is 0 Å². The summed E-state index contributed by atoms with van der Waals surface area (Å²) in [5.41, 5.74) is 10.0. The molecule has 2 aromatic rings. The Morgan fingerprint density at radius 3 is 2.44 bits per heavy atom. The lowest BCUT2D eigenvalue weighted by Gasteiger charge is -2.08. The fraction of sp³-hybridized carbons (Fsp3) is 0.143. The molecular weight excluding hydrogens is 201 g/mol. The summed E-state index contributed by atoms with van der Waals surface area (Å²) in [6.45, 7) is 3.74. The van der Waals surface area contributed by atoms with Gasteiger partial charge >= 0.3 is 0 Å². The van der Waals surface area contributed by atoms with Crippen molar-refractivity contribution in [2.24, 2.45) is 0 Å². The molecule has 0 aromatic heterocycles. The first-order valence-electron chi connectivity index (χ1n) is 5.20. The van der Waals surface area contributed by atoms with Gasteiger partial charge in [-0.25, -0.2) is 4.39 Å². The van der Waals surface area contributed by atoms with E-state index in [1.54, 1.807) is 13.0 Å². The number of benzene rings is 2. The molecule has 0 saturated heterocycles. The van der Waals surface area contributed by atoms with Crippen LogP contribution in [-0.2, 0) is 0 Å². The Balaban J connectivity index is 2.58. The average molecular weight is 215 g/mol. The summed E-state index contributed by atoms with van der Waals surface area (Å²) in [5.74, 6) is -0.196. The van der Waals surface area contributed by atoms with Crippen molar-refractivity contribution < 1.29 is 4.39 Å². The van der Waals surface area contributed by atoms with E-state index in [1.807, 2.05) is 31.2 Å². The van der Waals surface area contributed by atoms with E-state index in [2.05, 4.69) is 0 Å². The summed E-state index contributed by atoms with van der Waals surface area (Å²) >= 11 is 0. The maximum Gasteiger partial charge on any atom is 0.126 e. The maximum absolute atomic E-state index is 13.5. The lowest BCUT2D eigenvalue weighted by atomic mass is 10.0. The second kappa shape index (κ2) is 3.97. The molecule has 0 radical (unpaired) electrons. The molecule has 2 heteroatoms. The van der Waals surface area contributed by atoms with Crippen molar-refractivity contribution in [2.45, 2.75) is 13.8 Å². The van der Waals surface area contributed by atoms with Gasteiger partial charge in [0.1, 0.15) is 5.82 Å². The molecule has 0 bridgehead atoms. The Kier molecular flexibility index (Phi) is 2.65. The summed E-state index contributed by atoms with van der Waals surface area (Å²) in [7, 11) is 0. The maximum atomic E-state index is 13.5. The smallest absolute Gasteiger partial charge is 0.126 e. The van der Waals surface area contributed by atoms with Gasteiger partial charge in [-0.1, -0.05) is 23.8 Å². The molecular formula is C14H14FN. The van der Waals surface area contributed by atoms with E-state index in [4.69, 9.17) is 5.73 Å². The van der Waals surface area contributed by atoms with Crippen LogP contribution in [-0.4, -0.2) is 0 Å². The molecule has 0 aliphatic rings. The first kappa shape index (κ1) is 10.7. The second-order valence-corrected chi connectivity index (χ2v) is 4.05. The van der Waals surface area contributed by atoms with Gasteiger partial charge < -0.3 is 5.73 Å². The Labute approximate surface area is 94.7 Å². The van der Waals surface area contributed by atoms with Crippen LogP contribution in [0.5, 0.6) is 0 Å². The van der Waals surface area contributed by atoms with Crippen LogP contribution in [0.2, 0.25) is 0 Å². The van der Waals surface area contributed by atoms with Gasteiger partial charge in [0.15, 0.2) is 0 Å². The van der Waals surface area contributed by atoms with E-state index < -0.39 is 0 Å². The fourth-order valence-electron chi connectivity index (χ4n) is 1.68. The van der Waals surface area contributed by atoms with Crippen molar-refractivity contribution in [1.29, 1.82) is 0 Å². The Morgan fingerprint density at radius 1 is 1.00 bits per heavy atom. The number of nitrogen functional groups attached to an aromatic ring is 1. The largest absolute Gasteiger partial charge is 0.398 e. The quantitative estimate of drug-likeness (QED) is 0.721. The summed E-state index contributed by atoms with van der Waals surface area (Å²) in [5, 5.41) is 0. The minimum atomic E-state index is -0.196. The monoisotopic (exact) mass is 215 g/mol. The highest BCUT2D eigenvalue weighted by Gasteiger charge is 2.05. The molecule has 82 valence electrons. The Hall–Kier alpha value is -1.83. The third-order valence-electron chi connectivity index (χ3n) is 2.69. The highest BCUT2D eigenvalue weighted by molar-refractivity contribution is 5.77. The molecule has 16 heavy (non-hydrogen) atoms. The van der Waals surface area contributed by atoms with Gasteiger partial charge in [-0.2, -0.15) is 0 Å². The molecule has 2 aromatic carbocycles. The highest BCUT2D eigenvalue weighted by Crippen LogP contribution is 2.28. The van der Waals surface area contributed by atoms with Gasteiger partial charge in [-0.15, -0.1) is 0 Å². The van der Waals surface area contributed by atoms with Crippen molar-refractivity contribution in [3.05, 3.63) is 53.3 Å². The molecule has 0 heterocycles. The van der Waals surface area contributed by atoms with Crippen LogP contribution in [0.25, 0.3) is 11.1 Å².